The average Bonchev–Trinajstić information content (AvgIpc) is 3.01. The van der Waals surface area contributed by atoms with E-state index in [4.69, 9.17) is 4.74 Å². The number of nitrogens with one attached hydrogen (secondary N) is 1. The van der Waals surface area contributed by atoms with Gasteiger partial charge in [0.1, 0.15) is 0 Å². The molecule has 1 saturated carbocycles. The zero-order valence-corrected chi connectivity index (χ0v) is 9.66. The Hall–Kier alpha value is -0.570. The summed E-state index contributed by atoms with van der Waals surface area (Å²) in [4.78, 5) is 11.7. The molecule has 2 rings (SSSR count). The van der Waals surface area contributed by atoms with E-state index in [0.29, 0.717) is 24.4 Å². The maximum atomic E-state index is 11.7. The van der Waals surface area contributed by atoms with Crippen LogP contribution >= 0.6 is 0 Å². The first-order valence-corrected chi connectivity index (χ1v) is 6.06. The smallest absolute Gasteiger partial charge is 0.223 e. The molecule has 0 aromatic carbocycles. The highest BCUT2D eigenvalue weighted by molar-refractivity contribution is 5.81. The number of amides is 1. The van der Waals surface area contributed by atoms with Gasteiger partial charge in [0.25, 0.3) is 0 Å². The summed E-state index contributed by atoms with van der Waals surface area (Å²) in [6, 6.07) is 0.242. The maximum absolute atomic E-state index is 11.7. The lowest BCUT2D eigenvalue weighted by molar-refractivity contribution is -0.125. The molecule has 0 radical (unpaired) electrons. The molecule has 1 aliphatic heterocycles. The number of hydrogen-bond donors (Lipinski definition) is 1. The minimum absolute atomic E-state index is 0.242. The van der Waals surface area contributed by atoms with Crippen LogP contribution in [0.3, 0.4) is 0 Å². The van der Waals surface area contributed by atoms with E-state index in [1.165, 1.54) is 0 Å². The second kappa shape index (κ2) is 4.52. The van der Waals surface area contributed by atoms with E-state index in [0.717, 1.165) is 25.9 Å². The lowest BCUT2D eigenvalue weighted by Gasteiger charge is -2.34. The second-order valence-corrected chi connectivity index (χ2v) is 5.16. The first-order valence-electron chi connectivity index (χ1n) is 6.06. The fourth-order valence-electron chi connectivity index (χ4n) is 2.35. The van der Waals surface area contributed by atoms with Gasteiger partial charge >= 0.3 is 0 Å². The average molecular weight is 211 g/mol. The van der Waals surface area contributed by atoms with Crippen molar-refractivity contribution in [3.63, 3.8) is 0 Å². The monoisotopic (exact) mass is 211 g/mol. The number of carbonyl (C=O) groups excluding carboxylic acids is 1. The first-order chi connectivity index (χ1) is 7.18. The molecule has 86 valence electrons. The van der Waals surface area contributed by atoms with Crippen LogP contribution < -0.4 is 5.32 Å². The number of carbonyl (C=O) groups is 1. The third kappa shape index (κ3) is 2.71. The highest BCUT2D eigenvalue weighted by Gasteiger charge is 2.34. The molecule has 0 bridgehead atoms. The van der Waals surface area contributed by atoms with Crippen LogP contribution in [0.25, 0.3) is 0 Å². The molecule has 3 heteroatoms. The largest absolute Gasteiger partial charge is 0.379 e. The molecule has 0 unspecified atom stereocenters. The van der Waals surface area contributed by atoms with Gasteiger partial charge in [-0.1, -0.05) is 13.8 Å². The summed E-state index contributed by atoms with van der Waals surface area (Å²) in [5, 5.41) is 3.15. The van der Waals surface area contributed by atoms with Gasteiger partial charge in [0.2, 0.25) is 5.91 Å². The Labute approximate surface area is 91.6 Å². The van der Waals surface area contributed by atoms with Gasteiger partial charge in [0.05, 0.1) is 12.6 Å². The van der Waals surface area contributed by atoms with Crippen LogP contribution in [0.5, 0.6) is 0 Å². The quantitative estimate of drug-likeness (QED) is 0.769. The van der Waals surface area contributed by atoms with Crippen molar-refractivity contribution < 1.29 is 9.53 Å². The van der Waals surface area contributed by atoms with Crippen LogP contribution in [0, 0.1) is 17.8 Å². The Bertz CT molecular complexity index is 236. The molecule has 15 heavy (non-hydrogen) atoms. The van der Waals surface area contributed by atoms with Crippen LogP contribution in [0.15, 0.2) is 0 Å². The third-order valence-electron chi connectivity index (χ3n) is 3.54. The van der Waals surface area contributed by atoms with Crippen molar-refractivity contribution in [2.45, 2.75) is 39.2 Å². The van der Waals surface area contributed by atoms with Gasteiger partial charge in [-0.05, 0) is 31.1 Å². The first kappa shape index (κ1) is 10.9. The Morgan fingerprint density at radius 1 is 1.33 bits per heavy atom. The minimum atomic E-state index is 0.242. The van der Waals surface area contributed by atoms with E-state index in [1.54, 1.807) is 0 Å². The molecule has 2 fully saturated rings. The van der Waals surface area contributed by atoms with Crippen LogP contribution in [0.4, 0.5) is 0 Å². The Kier molecular flexibility index (Phi) is 3.29. The van der Waals surface area contributed by atoms with Gasteiger partial charge in [-0.25, -0.2) is 0 Å². The van der Waals surface area contributed by atoms with E-state index in [-0.39, 0.29) is 11.9 Å². The lowest BCUT2D eigenvalue weighted by Crippen LogP contribution is -2.48. The van der Waals surface area contributed by atoms with E-state index in [9.17, 15) is 4.79 Å². The number of hydrogen-bond acceptors (Lipinski definition) is 2. The van der Waals surface area contributed by atoms with Gasteiger partial charge in [-0.2, -0.15) is 0 Å². The molecule has 1 amide bonds. The van der Waals surface area contributed by atoms with Crippen LogP contribution in [0.1, 0.15) is 33.1 Å². The molecular weight excluding hydrogens is 190 g/mol. The molecule has 1 saturated heterocycles. The summed E-state index contributed by atoms with van der Waals surface area (Å²) in [5.41, 5.74) is 0. The molecule has 1 heterocycles. The van der Waals surface area contributed by atoms with Crippen LogP contribution in [-0.2, 0) is 9.53 Å². The molecule has 1 N–H and O–H groups in total. The van der Waals surface area contributed by atoms with E-state index in [2.05, 4.69) is 19.2 Å². The summed E-state index contributed by atoms with van der Waals surface area (Å²) in [7, 11) is 0. The van der Waals surface area contributed by atoms with Crippen molar-refractivity contribution >= 4 is 5.91 Å². The van der Waals surface area contributed by atoms with Gasteiger partial charge in [-0.3, -0.25) is 4.79 Å². The van der Waals surface area contributed by atoms with Gasteiger partial charge < -0.3 is 10.1 Å². The molecule has 2 atom stereocenters. The van der Waals surface area contributed by atoms with Crippen molar-refractivity contribution in [2.75, 3.05) is 13.2 Å². The summed E-state index contributed by atoms with van der Waals surface area (Å²) in [6.45, 7) is 6.00. The molecule has 1 aliphatic carbocycles. The molecule has 0 aromatic heterocycles. The maximum Gasteiger partial charge on any atom is 0.223 e. The lowest BCUT2D eigenvalue weighted by atomic mass is 9.85. The van der Waals surface area contributed by atoms with Crippen molar-refractivity contribution in [1.82, 2.24) is 5.32 Å². The van der Waals surface area contributed by atoms with Crippen LogP contribution in [0.2, 0.25) is 0 Å². The molecule has 0 spiro atoms. The molecule has 3 nitrogen and oxygen atoms in total. The van der Waals surface area contributed by atoms with Crippen molar-refractivity contribution in [2.24, 2.45) is 17.8 Å². The summed E-state index contributed by atoms with van der Waals surface area (Å²) >= 11 is 0. The number of rotatable bonds is 3. The van der Waals surface area contributed by atoms with Gasteiger partial charge in [-0.15, -0.1) is 0 Å². The zero-order valence-electron chi connectivity index (χ0n) is 9.66. The Morgan fingerprint density at radius 3 is 2.67 bits per heavy atom. The molecular formula is C12H21NO2. The minimum Gasteiger partial charge on any atom is -0.379 e. The summed E-state index contributed by atoms with van der Waals surface area (Å²) in [6.07, 6.45) is 3.23. The molecule has 0 aromatic rings. The normalized spacial score (nSPS) is 31.7. The summed E-state index contributed by atoms with van der Waals surface area (Å²) in [5.74, 6) is 1.76. The predicted octanol–water partition coefficient (Wildman–Crippen LogP) is 1.57. The Morgan fingerprint density at radius 2 is 2.07 bits per heavy atom. The second-order valence-electron chi connectivity index (χ2n) is 5.16. The van der Waals surface area contributed by atoms with E-state index >= 15 is 0 Å². The van der Waals surface area contributed by atoms with Crippen molar-refractivity contribution in [3.8, 4) is 0 Å². The molecule has 2 aliphatic rings. The van der Waals surface area contributed by atoms with Crippen LogP contribution in [-0.4, -0.2) is 25.2 Å². The summed E-state index contributed by atoms with van der Waals surface area (Å²) < 4.78 is 5.45. The Balaban J connectivity index is 1.88. The predicted molar refractivity (Wildman–Crippen MR) is 58.4 cm³/mol. The zero-order chi connectivity index (χ0) is 10.8. The standard InChI is InChI=1S/C12H21NO2/c1-8(2)10-5-6-15-7-11(10)13-12(14)9-3-4-9/h8-11H,3-7H2,1-2H3,(H,13,14)/t10-,11+/m0/s1. The highest BCUT2D eigenvalue weighted by atomic mass is 16.5. The topological polar surface area (TPSA) is 38.3 Å². The van der Waals surface area contributed by atoms with Crippen molar-refractivity contribution in [3.05, 3.63) is 0 Å². The number of ether oxygens (including phenoxy) is 1. The highest BCUT2D eigenvalue weighted by Crippen LogP contribution is 2.30. The van der Waals surface area contributed by atoms with Gasteiger partial charge in [0, 0.05) is 12.5 Å². The van der Waals surface area contributed by atoms with Crippen molar-refractivity contribution in [1.29, 1.82) is 0 Å². The third-order valence-corrected chi connectivity index (χ3v) is 3.54. The van der Waals surface area contributed by atoms with E-state index < -0.39 is 0 Å². The van der Waals surface area contributed by atoms with E-state index in [1.807, 2.05) is 0 Å². The fraction of sp³-hybridized carbons (Fsp3) is 0.917. The fourth-order valence-corrected chi connectivity index (χ4v) is 2.35. The SMILES string of the molecule is CC(C)[C@@H]1CCOC[C@H]1NC(=O)C1CC1. The van der Waals surface area contributed by atoms with Gasteiger partial charge in [0.15, 0.2) is 0 Å².